The van der Waals surface area contributed by atoms with Crippen LogP contribution in [0.5, 0.6) is 0 Å². The second-order valence-corrected chi connectivity index (χ2v) is 6.04. The normalized spacial score (nSPS) is 20.9. The predicted octanol–water partition coefficient (Wildman–Crippen LogP) is 2.67. The summed E-state index contributed by atoms with van der Waals surface area (Å²) in [4.78, 5) is 4.83. The molecule has 1 aromatic carbocycles. The monoisotopic (exact) mass is 314 g/mol. The van der Waals surface area contributed by atoms with Crippen molar-refractivity contribution in [3.63, 3.8) is 0 Å². The van der Waals surface area contributed by atoms with E-state index >= 15 is 0 Å². The van der Waals surface area contributed by atoms with Gasteiger partial charge in [-0.15, -0.1) is 0 Å². The van der Waals surface area contributed by atoms with Crippen molar-refractivity contribution in [2.45, 2.75) is 19.4 Å². The fourth-order valence-corrected chi connectivity index (χ4v) is 3.11. The number of methoxy groups -OCH3 is 1. The van der Waals surface area contributed by atoms with Gasteiger partial charge in [-0.1, -0.05) is 17.7 Å². The molecule has 1 saturated heterocycles. The van der Waals surface area contributed by atoms with Gasteiger partial charge in [0.1, 0.15) is 5.82 Å². The van der Waals surface area contributed by atoms with Gasteiger partial charge in [-0.3, -0.25) is 4.90 Å². The van der Waals surface area contributed by atoms with Crippen molar-refractivity contribution >= 4 is 11.6 Å². The van der Waals surface area contributed by atoms with E-state index in [0.717, 1.165) is 39.3 Å². The number of benzene rings is 1. The van der Waals surface area contributed by atoms with E-state index in [9.17, 15) is 4.39 Å². The molecule has 1 heterocycles. The number of halogens is 2. The highest BCUT2D eigenvalue weighted by atomic mass is 35.5. The molecule has 0 aliphatic carbocycles. The summed E-state index contributed by atoms with van der Waals surface area (Å²) >= 11 is 6.08. The first-order chi connectivity index (χ1) is 10.1. The van der Waals surface area contributed by atoms with E-state index in [4.69, 9.17) is 16.3 Å². The Hall–Kier alpha value is -0.680. The van der Waals surface area contributed by atoms with Crippen molar-refractivity contribution in [3.05, 3.63) is 34.6 Å². The van der Waals surface area contributed by atoms with Crippen molar-refractivity contribution in [1.82, 2.24) is 9.80 Å². The molecule has 1 aromatic rings. The van der Waals surface area contributed by atoms with Gasteiger partial charge in [0.2, 0.25) is 0 Å². The summed E-state index contributed by atoms with van der Waals surface area (Å²) in [6, 6.07) is 5.39. The summed E-state index contributed by atoms with van der Waals surface area (Å²) in [6.07, 6.45) is 0.663. The van der Waals surface area contributed by atoms with Crippen LogP contribution in [0.2, 0.25) is 5.02 Å². The number of rotatable bonds is 6. The number of hydrogen-bond donors (Lipinski definition) is 0. The Bertz CT molecular complexity index is 438. The molecule has 21 heavy (non-hydrogen) atoms. The van der Waals surface area contributed by atoms with Crippen LogP contribution in [0, 0.1) is 5.82 Å². The molecule has 0 N–H and O–H groups in total. The molecule has 0 bridgehead atoms. The maximum absolute atomic E-state index is 13.8. The Kier molecular flexibility index (Phi) is 6.42. The lowest BCUT2D eigenvalue weighted by Crippen LogP contribution is -2.52. The molecule has 1 unspecified atom stereocenters. The SMILES string of the molecule is COCCN1CCN(CCc2c(F)cccc2Cl)CC1C. The second-order valence-electron chi connectivity index (χ2n) is 5.63. The van der Waals surface area contributed by atoms with Crippen molar-refractivity contribution in [2.24, 2.45) is 0 Å². The lowest BCUT2D eigenvalue weighted by Gasteiger charge is -2.39. The van der Waals surface area contributed by atoms with E-state index < -0.39 is 0 Å². The quantitative estimate of drug-likeness (QED) is 0.803. The highest BCUT2D eigenvalue weighted by molar-refractivity contribution is 6.31. The minimum atomic E-state index is -0.200. The molecule has 0 saturated carbocycles. The van der Waals surface area contributed by atoms with Gasteiger partial charge in [0, 0.05) is 56.5 Å². The molecule has 0 spiro atoms. The van der Waals surface area contributed by atoms with Crippen molar-refractivity contribution in [1.29, 1.82) is 0 Å². The van der Waals surface area contributed by atoms with Crippen LogP contribution in [-0.2, 0) is 11.2 Å². The molecule has 1 fully saturated rings. The average molecular weight is 315 g/mol. The highest BCUT2D eigenvalue weighted by Gasteiger charge is 2.23. The Morgan fingerprint density at radius 2 is 2.14 bits per heavy atom. The fraction of sp³-hybridized carbons (Fsp3) is 0.625. The molecule has 0 radical (unpaired) electrons. The van der Waals surface area contributed by atoms with Gasteiger partial charge in [0.05, 0.1) is 6.61 Å². The fourth-order valence-electron chi connectivity index (χ4n) is 2.86. The summed E-state index contributed by atoms with van der Waals surface area (Å²) in [6.45, 7) is 7.90. The topological polar surface area (TPSA) is 15.7 Å². The third kappa shape index (κ3) is 4.65. The first-order valence-electron chi connectivity index (χ1n) is 7.50. The van der Waals surface area contributed by atoms with Gasteiger partial charge >= 0.3 is 0 Å². The number of hydrogen-bond acceptors (Lipinski definition) is 3. The lowest BCUT2D eigenvalue weighted by molar-refractivity contribution is 0.0595. The van der Waals surface area contributed by atoms with Crippen molar-refractivity contribution in [3.8, 4) is 0 Å². The summed E-state index contributed by atoms with van der Waals surface area (Å²) in [5.74, 6) is -0.200. The average Bonchev–Trinajstić information content (AvgIpc) is 2.46. The van der Waals surface area contributed by atoms with Gasteiger partial charge in [0.25, 0.3) is 0 Å². The molecular formula is C16H24ClFN2O. The van der Waals surface area contributed by atoms with Gasteiger partial charge in [-0.05, 0) is 25.5 Å². The third-order valence-corrected chi connectivity index (χ3v) is 4.53. The van der Waals surface area contributed by atoms with E-state index in [2.05, 4.69) is 16.7 Å². The van der Waals surface area contributed by atoms with Crippen LogP contribution in [0.25, 0.3) is 0 Å². The molecule has 3 nitrogen and oxygen atoms in total. The van der Waals surface area contributed by atoms with Crippen LogP contribution in [0.3, 0.4) is 0 Å². The number of nitrogens with zero attached hydrogens (tertiary/aromatic N) is 2. The van der Waals surface area contributed by atoms with Crippen LogP contribution < -0.4 is 0 Å². The highest BCUT2D eigenvalue weighted by Crippen LogP contribution is 2.20. The zero-order chi connectivity index (χ0) is 15.2. The van der Waals surface area contributed by atoms with Crippen molar-refractivity contribution in [2.75, 3.05) is 46.4 Å². The van der Waals surface area contributed by atoms with Gasteiger partial charge < -0.3 is 9.64 Å². The summed E-state index contributed by atoms with van der Waals surface area (Å²) in [5, 5.41) is 0.529. The van der Waals surface area contributed by atoms with Crippen LogP contribution in [-0.4, -0.2) is 62.3 Å². The van der Waals surface area contributed by atoms with Crippen LogP contribution >= 0.6 is 11.6 Å². The Balaban J connectivity index is 1.83. The van der Waals surface area contributed by atoms with E-state index in [1.807, 2.05) is 0 Å². The third-order valence-electron chi connectivity index (χ3n) is 4.17. The molecule has 0 amide bonds. The zero-order valence-corrected chi connectivity index (χ0v) is 13.6. The lowest BCUT2D eigenvalue weighted by atomic mass is 10.1. The largest absolute Gasteiger partial charge is 0.383 e. The predicted molar refractivity (Wildman–Crippen MR) is 84.5 cm³/mol. The molecule has 5 heteroatoms. The summed E-state index contributed by atoms with van der Waals surface area (Å²) < 4.78 is 18.9. The summed E-state index contributed by atoms with van der Waals surface area (Å²) in [5.41, 5.74) is 0.633. The van der Waals surface area contributed by atoms with Crippen LogP contribution in [0.1, 0.15) is 12.5 Å². The smallest absolute Gasteiger partial charge is 0.127 e. The minimum absolute atomic E-state index is 0.200. The van der Waals surface area contributed by atoms with E-state index in [1.165, 1.54) is 6.07 Å². The number of ether oxygens (including phenoxy) is 1. The minimum Gasteiger partial charge on any atom is -0.383 e. The maximum atomic E-state index is 13.8. The number of piperazine rings is 1. The first-order valence-corrected chi connectivity index (χ1v) is 7.88. The Labute approximate surface area is 131 Å². The standard InChI is InChI=1S/C16H24ClFN2O/c1-13-12-19(8-9-20(13)10-11-21-2)7-6-14-15(17)4-3-5-16(14)18/h3-5,13H,6-12H2,1-2H3. The van der Waals surface area contributed by atoms with Gasteiger partial charge in [-0.2, -0.15) is 0 Å². The molecule has 1 aliphatic rings. The van der Waals surface area contributed by atoms with Gasteiger partial charge in [0.15, 0.2) is 0 Å². The van der Waals surface area contributed by atoms with E-state index in [0.29, 0.717) is 23.0 Å². The Morgan fingerprint density at radius 1 is 1.33 bits per heavy atom. The van der Waals surface area contributed by atoms with E-state index in [-0.39, 0.29) is 5.82 Å². The zero-order valence-electron chi connectivity index (χ0n) is 12.8. The van der Waals surface area contributed by atoms with Crippen LogP contribution in [0.4, 0.5) is 4.39 Å². The molecule has 2 rings (SSSR count). The molecule has 1 atom stereocenters. The molecule has 1 aliphatic heterocycles. The second kappa shape index (κ2) is 8.08. The summed E-state index contributed by atoms with van der Waals surface area (Å²) in [7, 11) is 1.74. The van der Waals surface area contributed by atoms with Crippen LogP contribution in [0.15, 0.2) is 18.2 Å². The molecule has 0 aromatic heterocycles. The Morgan fingerprint density at radius 3 is 2.81 bits per heavy atom. The molecule has 118 valence electrons. The van der Waals surface area contributed by atoms with E-state index in [1.54, 1.807) is 19.2 Å². The molecular weight excluding hydrogens is 291 g/mol. The first kappa shape index (κ1) is 16.7. The van der Waals surface area contributed by atoms with Gasteiger partial charge in [-0.25, -0.2) is 4.39 Å². The maximum Gasteiger partial charge on any atom is 0.127 e. The van der Waals surface area contributed by atoms with Crippen molar-refractivity contribution < 1.29 is 9.13 Å².